The van der Waals surface area contributed by atoms with Crippen LogP contribution in [0.1, 0.15) is 32.3 Å². The average molecular weight is 421 g/mol. The Hall–Kier alpha value is -2.25. The molecule has 0 spiro atoms. The van der Waals surface area contributed by atoms with Crippen molar-refractivity contribution in [2.24, 2.45) is 0 Å². The monoisotopic (exact) mass is 420 g/mol. The Balaban J connectivity index is 1.58. The minimum atomic E-state index is 0.213. The maximum atomic E-state index is 5.93. The second-order valence-electron chi connectivity index (χ2n) is 6.93. The zero-order valence-electron chi connectivity index (χ0n) is 17.3. The van der Waals surface area contributed by atoms with Gasteiger partial charge >= 0.3 is 0 Å². The number of likely N-dealkylation sites (tertiary alicyclic amines) is 1. The molecule has 2 heterocycles. The Bertz CT molecular complexity index is 773. The van der Waals surface area contributed by atoms with Crippen LogP contribution in [0.2, 0.25) is 5.28 Å². The number of halogens is 1. The summed E-state index contributed by atoms with van der Waals surface area (Å²) < 4.78 is 16.7. The fourth-order valence-electron chi connectivity index (χ4n) is 3.51. The lowest BCUT2D eigenvalue weighted by atomic mass is 10.0. The first kappa shape index (κ1) is 21.5. The first-order valence-electron chi connectivity index (χ1n) is 10.1. The maximum Gasteiger partial charge on any atom is 0.224 e. The maximum absolute atomic E-state index is 5.93. The van der Waals surface area contributed by atoms with E-state index < -0.39 is 0 Å². The van der Waals surface area contributed by atoms with Crippen molar-refractivity contribution in [3.63, 3.8) is 0 Å². The fourth-order valence-corrected chi connectivity index (χ4v) is 3.64. The van der Waals surface area contributed by atoms with Crippen molar-refractivity contribution in [2.45, 2.75) is 39.3 Å². The molecule has 1 saturated heterocycles. The standard InChI is InChI=1S/C21H29ClN4O3/c1-4-28-17-10-15(11-18(12-17)29-5-2)14-26-8-6-16(7-9-26)24-20-19(27-3)13-23-21(22)25-20/h10-13,16H,4-9,14H2,1-3H3,(H,23,24,25). The number of benzene rings is 1. The topological polar surface area (TPSA) is 68.7 Å². The molecule has 0 amide bonds. The number of methoxy groups -OCH3 is 1. The molecule has 0 bridgehead atoms. The lowest BCUT2D eigenvalue weighted by Crippen LogP contribution is -2.38. The largest absolute Gasteiger partial charge is 0.494 e. The third kappa shape index (κ3) is 6.11. The van der Waals surface area contributed by atoms with Crippen molar-refractivity contribution < 1.29 is 14.2 Å². The van der Waals surface area contributed by atoms with Crippen LogP contribution in [0.3, 0.4) is 0 Å². The molecule has 7 nitrogen and oxygen atoms in total. The smallest absolute Gasteiger partial charge is 0.224 e. The summed E-state index contributed by atoms with van der Waals surface area (Å²) in [5.74, 6) is 2.97. The van der Waals surface area contributed by atoms with Crippen molar-refractivity contribution in [1.82, 2.24) is 14.9 Å². The van der Waals surface area contributed by atoms with Crippen molar-refractivity contribution >= 4 is 17.4 Å². The first-order chi connectivity index (χ1) is 14.1. The number of aromatic nitrogens is 2. The molecule has 0 unspecified atom stereocenters. The van der Waals surface area contributed by atoms with Crippen molar-refractivity contribution in [3.8, 4) is 17.2 Å². The molecule has 1 N–H and O–H groups in total. The molecule has 158 valence electrons. The van der Waals surface area contributed by atoms with E-state index in [9.17, 15) is 0 Å². The highest BCUT2D eigenvalue weighted by atomic mass is 35.5. The Morgan fingerprint density at radius 2 is 1.76 bits per heavy atom. The third-order valence-corrected chi connectivity index (χ3v) is 5.02. The van der Waals surface area contributed by atoms with E-state index >= 15 is 0 Å². The second kappa shape index (κ2) is 10.5. The van der Waals surface area contributed by atoms with E-state index in [1.165, 1.54) is 5.56 Å². The zero-order chi connectivity index (χ0) is 20.6. The van der Waals surface area contributed by atoms with Crippen LogP contribution < -0.4 is 19.5 Å². The SMILES string of the molecule is CCOc1cc(CN2CCC(Nc3nc(Cl)ncc3OC)CC2)cc(OCC)c1. The molecule has 0 radical (unpaired) electrons. The van der Waals surface area contributed by atoms with Crippen LogP contribution in [0.4, 0.5) is 5.82 Å². The minimum Gasteiger partial charge on any atom is -0.494 e. The highest BCUT2D eigenvalue weighted by molar-refractivity contribution is 6.28. The third-order valence-electron chi connectivity index (χ3n) is 4.84. The Labute approximate surface area is 177 Å². The van der Waals surface area contributed by atoms with Gasteiger partial charge in [-0.25, -0.2) is 4.98 Å². The van der Waals surface area contributed by atoms with Gasteiger partial charge in [0.25, 0.3) is 0 Å². The molecule has 0 aliphatic carbocycles. The number of nitrogens with zero attached hydrogens (tertiary/aromatic N) is 3. The fraction of sp³-hybridized carbons (Fsp3) is 0.524. The van der Waals surface area contributed by atoms with Gasteiger partial charge < -0.3 is 19.5 Å². The van der Waals surface area contributed by atoms with E-state index in [0.717, 1.165) is 44.0 Å². The van der Waals surface area contributed by atoms with Crippen LogP contribution in [-0.2, 0) is 6.54 Å². The summed E-state index contributed by atoms with van der Waals surface area (Å²) in [7, 11) is 1.60. The van der Waals surface area contributed by atoms with E-state index in [2.05, 4.69) is 32.3 Å². The van der Waals surface area contributed by atoms with Crippen molar-refractivity contribution in [1.29, 1.82) is 0 Å². The lowest BCUT2D eigenvalue weighted by Gasteiger charge is -2.33. The number of hydrogen-bond acceptors (Lipinski definition) is 7. The summed E-state index contributed by atoms with van der Waals surface area (Å²) in [6, 6.07) is 6.47. The van der Waals surface area contributed by atoms with E-state index in [1.807, 2.05) is 19.9 Å². The van der Waals surface area contributed by atoms with Crippen molar-refractivity contribution in [2.75, 3.05) is 38.7 Å². The summed E-state index contributed by atoms with van der Waals surface area (Å²) in [6.07, 6.45) is 3.61. The van der Waals surface area contributed by atoms with Gasteiger partial charge in [-0.3, -0.25) is 4.90 Å². The summed E-state index contributed by atoms with van der Waals surface area (Å²) in [5, 5.41) is 3.66. The van der Waals surface area contributed by atoms with Gasteiger partial charge in [-0.2, -0.15) is 4.98 Å². The van der Waals surface area contributed by atoms with Gasteiger partial charge in [0.1, 0.15) is 11.5 Å². The highest BCUT2D eigenvalue weighted by Gasteiger charge is 2.21. The Morgan fingerprint density at radius 3 is 2.34 bits per heavy atom. The Kier molecular flexibility index (Phi) is 7.77. The predicted molar refractivity (Wildman–Crippen MR) is 114 cm³/mol. The van der Waals surface area contributed by atoms with Gasteiger partial charge in [-0.15, -0.1) is 0 Å². The van der Waals surface area contributed by atoms with Crippen LogP contribution in [0.5, 0.6) is 17.2 Å². The normalized spacial score (nSPS) is 15.2. The second-order valence-corrected chi connectivity index (χ2v) is 7.27. The summed E-state index contributed by atoms with van der Waals surface area (Å²) in [4.78, 5) is 10.7. The molecule has 3 rings (SSSR count). The molecule has 1 aromatic carbocycles. The number of rotatable bonds is 9. The molecule has 8 heteroatoms. The molecule has 0 atom stereocenters. The Morgan fingerprint density at radius 1 is 1.10 bits per heavy atom. The van der Waals surface area contributed by atoms with E-state index in [4.69, 9.17) is 25.8 Å². The molecule has 1 aliphatic heterocycles. The molecule has 1 aromatic heterocycles. The number of ether oxygens (including phenoxy) is 3. The van der Waals surface area contributed by atoms with E-state index in [-0.39, 0.29) is 5.28 Å². The zero-order valence-corrected chi connectivity index (χ0v) is 18.0. The molecule has 1 fully saturated rings. The average Bonchev–Trinajstić information content (AvgIpc) is 2.70. The first-order valence-corrected chi connectivity index (χ1v) is 10.4. The number of nitrogens with one attached hydrogen (secondary N) is 1. The highest BCUT2D eigenvalue weighted by Crippen LogP contribution is 2.27. The van der Waals surface area contributed by atoms with Gasteiger partial charge in [0, 0.05) is 31.7 Å². The van der Waals surface area contributed by atoms with Gasteiger partial charge in [0.2, 0.25) is 5.28 Å². The van der Waals surface area contributed by atoms with Gasteiger partial charge in [0.15, 0.2) is 11.6 Å². The van der Waals surface area contributed by atoms with Crippen molar-refractivity contribution in [3.05, 3.63) is 35.2 Å². The van der Waals surface area contributed by atoms with Crippen LogP contribution >= 0.6 is 11.6 Å². The van der Waals surface area contributed by atoms with Crippen LogP contribution in [0, 0.1) is 0 Å². The van der Waals surface area contributed by atoms with E-state index in [0.29, 0.717) is 30.8 Å². The van der Waals surface area contributed by atoms with Gasteiger partial charge in [0.05, 0.1) is 26.5 Å². The minimum absolute atomic E-state index is 0.213. The summed E-state index contributed by atoms with van der Waals surface area (Å²) >= 11 is 5.93. The molecular weight excluding hydrogens is 392 g/mol. The van der Waals surface area contributed by atoms with Gasteiger partial charge in [-0.05, 0) is 56.0 Å². The van der Waals surface area contributed by atoms with Crippen LogP contribution in [-0.4, -0.2) is 54.3 Å². The van der Waals surface area contributed by atoms with Crippen LogP contribution in [0.15, 0.2) is 24.4 Å². The molecule has 29 heavy (non-hydrogen) atoms. The number of piperidine rings is 1. The quantitative estimate of drug-likeness (QED) is 0.614. The molecular formula is C21H29ClN4O3. The summed E-state index contributed by atoms with van der Waals surface area (Å²) in [6.45, 7) is 8.11. The molecule has 0 saturated carbocycles. The summed E-state index contributed by atoms with van der Waals surface area (Å²) in [5.41, 5.74) is 1.20. The lowest BCUT2D eigenvalue weighted by molar-refractivity contribution is 0.210. The van der Waals surface area contributed by atoms with Crippen LogP contribution in [0.25, 0.3) is 0 Å². The predicted octanol–water partition coefficient (Wildman–Crippen LogP) is 4.01. The molecule has 1 aliphatic rings. The number of anilines is 1. The molecule has 2 aromatic rings. The van der Waals surface area contributed by atoms with Gasteiger partial charge in [-0.1, -0.05) is 0 Å². The van der Waals surface area contributed by atoms with E-state index in [1.54, 1.807) is 13.3 Å². The number of hydrogen-bond donors (Lipinski definition) is 1.